The molecule has 1 heterocycles. The van der Waals surface area contributed by atoms with Crippen molar-refractivity contribution in [2.75, 3.05) is 6.54 Å². The van der Waals surface area contributed by atoms with Gasteiger partial charge in [0.2, 0.25) is 0 Å². The largest absolute Gasteiger partial charge is 0.310 e. The predicted molar refractivity (Wildman–Crippen MR) is 81.9 cm³/mol. The van der Waals surface area contributed by atoms with Crippen molar-refractivity contribution < 1.29 is 0 Å². The standard InChI is InChI=1S/C17H23N3/c1-4-18-16(15-10-17(15,2)3)13-11-19-20(12-13)14-8-6-5-7-9-14/h5-9,11-12,15-16,18H,4,10H2,1-3H3. The molecule has 20 heavy (non-hydrogen) atoms. The number of para-hydroxylation sites is 1. The predicted octanol–water partition coefficient (Wildman–Crippen LogP) is 3.57. The molecule has 3 heteroatoms. The Morgan fingerprint density at radius 2 is 2.05 bits per heavy atom. The molecule has 1 aliphatic carbocycles. The molecule has 0 aliphatic heterocycles. The number of nitrogens with zero attached hydrogens (tertiary/aromatic N) is 2. The molecule has 0 spiro atoms. The van der Waals surface area contributed by atoms with E-state index in [-0.39, 0.29) is 0 Å². The fourth-order valence-electron chi connectivity index (χ4n) is 3.01. The average molecular weight is 269 g/mol. The summed E-state index contributed by atoms with van der Waals surface area (Å²) in [5, 5.41) is 8.15. The minimum absolute atomic E-state index is 0.424. The van der Waals surface area contributed by atoms with Gasteiger partial charge >= 0.3 is 0 Å². The fourth-order valence-corrected chi connectivity index (χ4v) is 3.01. The third-order valence-electron chi connectivity index (χ3n) is 4.40. The third-order valence-corrected chi connectivity index (χ3v) is 4.40. The zero-order chi connectivity index (χ0) is 14.2. The zero-order valence-electron chi connectivity index (χ0n) is 12.5. The Morgan fingerprint density at radius 1 is 1.35 bits per heavy atom. The highest BCUT2D eigenvalue weighted by molar-refractivity contribution is 5.32. The van der Waals surface area contributed by atoms with E-state index in [1.807, 2.05) is 29.1 Å². The van der Waals surface area contributed by atoms with Gasteiger partial charge in [0.15, 0.2) is 0 Å². The first kappa shape index (κ1) is 13.4. The molecule has 1 fully saturated rings. The summed E-state index contributed by atoms with van der Waals surface area (Å²) in [5.41, 5.74) is 2.87. The van der Waals surface area contributed by atoms with Crippen molar-refractivity contribution in [1.82, 2.24) is 15.1 Å². The van der Waals surface area contributed by atoms with Gasteiger partial charge in [-0.25, -0.2) is 4.68 Å². The Balaban J connectivity index is 1.84. The van der Waals surface area contributed by atoms with Crippen molar-refractivity contribution in [2.45, 2.75) is 33.2 Å². The molecule has 0 bridgehead atoms. The lowest BCUT2D eigenvalue weighted by Gasteiger charge is -2.18. The summed E-state index contributed by atoms with van der Waals surface area (Å²) in [6, 6.07) is 10.7. The van der Waals surface area contributed by atoms with Crippen LogP contribution in [-0.4, -0.2) is 16.3 Å². The zero-order valence-corrected chi connectivity index (χ0v) is 12.5. The fraction of sp³-hybridized carbons (Fsp3) is 0.471. The van der Waals surface area contributed by atoms with Crippen LogP contribution in [0.2, 0.25) is 0 Å². The summed E-state index contributed by atoms with van der Waals surface area (Å²) in [5.74, 6) is 0.718. The molecule has 0 amide bonds. The van der Waals surface area contributed by atoms with E-state index in [9.17, 15) is 0 Å². The van der Waals surface area contributed by atoms with Gasteiger partial charge in [0.25, 0.3) is 0 Å². The third kappa shape index (κ3) is 2.50. The van der Waals surface area contributed by atoms with Gasteiger partial charge in [-0.3, -0.25) is 0 Å². The van der Waals surface area contributed by atoms with Crippen LogP contribution in [0, 0.1) is 11.3 Å². The summed E-state index contributed by atoms with van der Waals surface area (Å²) in [6.07, 6.45) is 5.47. The van der Waals surface area contributed by atoms with E-state index in [4.69, 9.17) is 0 Å². The average Bonchev–Trinajstić information content (AvgIpc) is 2.89. The highest BCUT2D eigenvalue weighted by atomic mass is 15.3. The minimum atomic E-state index is 0.424. The van der Waals surface area contributed by atoms with Crippen LogP contribution in [-0.2, 0) is 0 Å². The van der Waals surface area contributed by atoms with Crippen molar-refractivity contribution in [3.8, 4) is 5.69 Å². The molecular weight excluding hydrogens is 246 g/mol. The number of rotatable bonds is 5. The van der Waals surface area contributed by atoms with E-state index >= 15 is 0 Å². The Bertz CT molecular complexity index is 571. The van der Waals surface area contributed by atoms with Crippen LogP contribution in [0.5, 0.6) is 0 Å². The topological polar surface area (TPSA) is 29.9 Å². The molecule has 2 aromatic rings. The van der Waals surface area contributed by atoms with Crippen LogP contribution >= 0.6 is 0 Å². The molecule has 2 unspecified atom stereocenters. The number of hydrogen-bond donors (Lipinski definition) is 1. The van der Waals surface area contributed by atoms with E-state index in [2.05, 4.69) is 49.5 Å². The van der Waals surface area contributed by atoms with E-state index in [1.165, 1.54) is 12.0 Å². The van der Waals surface area contributed by atoms with Crippen LogP contribution in [0.4, 0.5) is 0 Å². The summed E-state index contributed by atoms with van der Waals surface area (Å²) < 4.78 is 1.97. The highest BCUT2D eigenvalue weighted by Gasteiger charge is 2.50. The maximum absolute atomic E-state index is 4.52. The lowest BCUT2D eigenvalue weighted by Crippen LogP contribution is -2.24. The van der Waals surface area contributed by atoms with Gasteiger partial charge in [0.1, 0.15) is 0 Å². The smallest absolute Gasteiger partial charge is 0.0645 e. The molecule has 106 valence electrons. The SMILES string of the molecule is CCNC(c1cnn(-c2ccccc2)c1)C1CC1(C)C. The molecule has 1 aromatic heterocycles. The maximum Gasteiger partial charge on any atom is 0.0645 e. The second kappa shape index (κ2) is 5.06. The van der Waals surface area contributed by atoms with Crippen LogP contribution in [0.3, 0.4) is 0 Å². The van der Waals surface area contributed by atoms with Crippen molar-refractivity contribution in [3.05, 3.63) is 48.3 Å². The molecule has 1 aliphatic rings. The molecule has 1 N–H and O–H groups in total. The lowest BCUT2D eigenvalue weighted by atomic mass is 9.99. The maximum atomic E-state index is 4.52. The van der Waals surface area contributed by atoms with Gasteiger partial charge < -0.3 is 5.32 Å². The minimum Gasteiger partial charge on any atom is -0.310 e. The van der Waals surface area contributed by atoms with Crippen molar-refractivity contribution in [1.29, 1.82) is 0 Å². The van der Waals surface area contributed by atoms with Gasteiger partial charge in [0, 0.05) is 17.8 Å². The summed E-state index contributed by atoms with van der Waals surface area (Å²) >= 11 is 0. The molecule has 2 atom stereocenters. The van der Waals surface area contributed by atoms with Crippen LogP contribution in [0.15, 0.2) is 42.7 Å². The van der Waals surface area contributed by atoms with Crippen molar-refractivity contribution >= 4 is 0 Å². The second-order valence-electron chi connectivity index (χ2n) is 6.39. The summed E-state index contributed by atoms with van der Waals surface area (Å²) in [6.45, 7) is 7.87. The Morgan fingerprint density at radius 3 is 2.65 bits per heavy atom. The number of nitrogens with one attached hydrogen (secondary N) is 1. The quantitative estimate of drug-likeness (QED) is 0.899. The van der Waals surface area contributed by atoms with E-state index in [0.717, 1.165) is 18.2 Å². The number of hydrogen-bond acceptors (Lipinski definition) is 2. The van der Waals surface area contributed by atoms with Crippen LogP contribution in [0.25, 0.3) is 5.69 Å². The van der Waals surface area contributed by atoms with Crippen molar-refractivity contribution in [3.63, 3.8) is 0 Å². The first-order valence-electron chi connectivity index (χ1n) is 7.45. The second-order valence-corrected chi connectivity index (χ2v) is 6.39. The highest BCUT2D eigenvalue weighted by Crippen LogP contribution is 2.57. The van der Waals surface area contributed by atoms with Gasteiger partial charge in [0.05, 0.1) is 11.9 Å². The molecule has 0 radical (unpaired) electrons. The first-order valence-corrected chi connectivity index (χ1v) is 7.45. The van der Waals surface area contributed by atoms with Gasteiger partial charge in [-0.05, 0) is 36.4 Å². The van der Waals surface area contributed by atoms with Crippen molar-refractivity contribution in [2.24, 2.45) is 11.3 Å². The molecule has 1 aromatic carbocycles. The molecule has 3 rings (SSSR count). The molecular formula is C17H23N3. The molecule has 0 saturated heterocycles. The summed E-state index contributed by atoms with van der Waals surface area (Å²) in [4.78, 5) is 0. The lowest BCUT2D eigenvalue weighted by molar-refractivity contribution is 0.423. The summed E-state index contributed by atoms with van der Waals surface area (Å²) in [7, 11) is 0. The van der Waals surface area contributed by atoms with Crippen LogP contribution in [0.1, 0.15) is 38.8 Å². The Labute approximate surface area is 121 Å². The van der Waals surface area contributed by atoms with E-state index < -0.39 is 0 Å². The first-order chi connectivity index (χ1) is 9.62. The van der Waals surface area contributed by atoms with Gasteiger partial charge in [-0.1, -0.05) is 39.0 Å². The molecule has 1 saturated carbocycles. The molecule has 3 nitrogen and oxygen atoms in total. The van der Waals surface area contributed by atoms with Crippen LogP contribution < -0.4 is 5.32 Å². The Hall–Kier alpha value is -1.61. The monoisotopic (exact) mass is 269 g/mol. The van der Waals surface area contributed by atoms with E-state index in [0.29, 0.717) is 11.5 Å². The number of benzene rings is 1. The van der Waals surface area contributed by atoms with Gasteiger partial charge in [-0.2, -0.15) is 5.10 Å². The van der Waals surface area contributed by atoms with E-state index in [1.54, 1.807) is 0 Å². The van der Waals surface area contributed by atoms with Gasteiger partial charge in [-0.15, -0.1) is 0 Å². The normalized spacial score (nSPS) is 21.6. The number of aromatic nitrogens is 2. The Kier molecular flexibility index (Phi) is 3.38.